The first-order valence-corrected chi connectivity index (χ1v) is 4.70. The Kier molecular flexibility index (Phi) is 2.59. The predicted molar refractivity (Wildman–Crippen MR) is 62.2 cm³/mol. The Labute approximate surface area is 92.2 Å². The summed E-state index contributed by atoms with van der Waals surface area (Å²) in [5.74, 6) is 0. The Balaban J connectivity index is 2.54. The van der Waals surface area contributed by atoms with Crippen LogP contribution in [0.15, 0.2) is 30.5 Å². The van der Waals surface area contributed by atoms with Crippen LogP contribution in [0.3, 0.4) is 0 Å². The number of hydrogen-bond acceptors (Lipinski definition) is 4. The van der Waals surface area contributed by atoms with Gasteiger partial charge in [0.2, 0.25) is 0 Å². The highest BCUT2D eigenvalue weighted by Gasteiger charge is 2.07. The van der Waals surface area contributed by atoms with Crippen LogP contribution in [-0.2, 0) is 4.74 Å². The number of ether oxygens (including phenoxy) is 1. The SMILES string of the molecule is COC(=O)Nc1ccc(N)c2ncccc12. The van der Waals surface area contributed by atoms with Gasteiger partial charge >= 0.3 is 6.09 Å². The second-order valence-electron chi connectivity index (χ2n) is 3.22. The molecule has 82 valence electrons. The fourth-order valence-electron chi connectivity index (χ4n) is 1.46. The minimum absolute atomic E-state index is 0.519. The second-order valence-corrected chi connectivity index (χ2v) is 3.22. The van der Waals surface area contributed by atoms with Crippen LogP contribution in [-0.4, -0.2) is 18.2 Å². The Bertz CT molecular complexity index is 540. The highest BCUT2D eigenvalue weighted by molar-refractivity contribution is 6.02. The van der Waals surface area contributed by atoms with Crippen molar-refractivity contribution in [3.05, 3.63) is 30.5 Å². The van der Waals surface area contributed by atoms with Crippen LogP contribution in [0.1, 0.15) is 0 Å². The molecule has 0 atom stereocenters. The van der Waals surface area contributed by atoms with Crippen molar-refractivity contribution in [3.8, 4) is 0 Å². The predicted octanol–water partition coefficient (Wildman–Crippen LogP) is 2.00. The molecular formula is C11H11N3O2. The molecule has 0 aliphatic rings. The van der Waals surface area contributed by atoms with Gasteiger partial charge in [0.05, 0.1) is 24.0 Å². The van der Waals surface area contributed by atoms with E-state index in [1.54, 1.807) is 24.4 Å². The number of fused-ring (bicyclic) bond motifs is 1. The summed E-state index contributed by atoms with van der Waals surface area (Å²) >= 11 is 0. The highest BCUT2D eigenvalue weighted by Crippen LogP contribution is 2.26. The molecule has 0 aliphatic heterocycles. The van der Waals surface area contributed by atoms with Gasteiger partial charge in [0, 0.05) is 11.6 Å². The number of pyridine rings is 1. The number of nitrogen functional groups attached to an aromatic ring is 1. The van der Waals surface area contributed by atoms with Crippen molar-refractivity contribution in [2.24, 2.45) is 0 Å². The molecule has 16 heavy (non-hydrogen) atoms. The first kappa shape index (κ1) is 10.2. The Morgan fingerprint density at radius 2 is 2.25 bits per heavy atom. The zero-order valence-electron chi connectivity index (χ0n) is 8.73. The smallest absolute Gasteiger partial charge is 0.411 e. The van der Waals surface area contributed by atoms with Crippen LogP contribution in [0.5, 0.6) is 0 Å². The number of amides is 1. The molecule has 0 saturated heterocycles. The van der Waals surface area contributed by atoms with Crippen molar-refractivity contribution < 1.29 is 9.53 Å². The third-order valence-electron chi connectivity index (χ3n) is 2.22. The molecule has 5 heteroatoms. The molecule has 0 aliphatic carbocycles. The van der Waals surface area contributed by atoms with Crippen LogP contribution in [0, 0.1) is 0 Å². The molecular weight excluding hydrogens is 206 g/mol. The van der Waals surface area contributed by atoms with E-state index in [4.69, 9.17) is 5.73 Å². The lowest BCUT2D eigenvalue weighted by atomic mass is 10.1. The number of nitrogens with two attached hydrogens (primary N) is 1. The van der Waals surface area contributed by atoms with Gasteiger partial charge < -0.3 is 10.5 Å². The number of carbonyl (C=O) groups is 1. The average Bonchev–Trinajstić information content (AvgIpc) is 2.33. The third kappa shape index (κ3) is 1.75. The molecule has 1 aromatic heterocycles. The standard InChI is InChI=1S/C11H11N3O2/c1-16-11(15)14-9-5-4-8(12)10-7(9)3-2-6-13-10/h2-6H,12H2,1H3,(H,14,15). The molecule has 0 saturated carbocycles. The zero-order chi connectivity index (χ0) is 11.5. The summed E-state index contributed by atoms with van der Waals surface area (Å²) in [7, 11) is 1.31. The van der Waals surface area contributed by atoms with E-state index in [1.165, 1.54) is 7.11 Å². The second kappa shape index (κ2) is 4.06. The van der Waals surface area contributed by atoms with E-state index in [9.17, 15) is 4.79 Å². The molecule has 0 fully saturated rings. The summed E-state index contributed by atoms with van der Waals surface area (Å²) in [6.07, 6.45) is 1.13. The van der Waals surface area contributed by atoms with Gasteiger partial charge in [-0.2, -0.15) is 0 Å². The monoisotopic (exact) mass is 217 g/mol. The molecule has 1 heterocycles. The van der Waals surface area contributed by atoms with Crippen molar-refractivity contribution in [1.82, 2.24) is 4.98 Å². The van der Waals surface area contributed by atoms with Gasteiger partial charge in [0.1, 0.15) is 0 Å². The fourth-order valence-corrected chi connectivity index (χ4v) is 1.46. The van der Waals surface area contributed by atoms with Gasteiger partial charge in [-0.05, 0) is 24.3 Å². The van der Waals surface area contributed by atoms with Gasteiger partial charge in [0.25, 0.3) is 0 Å². The quantitative estimate of drug-likeness (QED) is 0.716. The Morgan fingerprint density at radius 3 is 3.00 bits per heavy atom. The van der Waals surface area contributed by atoms with Crippen LogP contribution >= 0.6 is 0 Å². The number of rotatable bonds is 1. The van der Waals surface area contributed by atoms with Crippen LogP contribution < -0.4 is 11.1 Å². The minimum atomic E-state index is -0.519. The molecule has 5 nitrogen and oxygen atoms in total. The average molecular weight is 217 g/mol. The van der Waals surface area contributed by atoms with Crippen molar-refractivity contribution in [2.45, 2.75) is 0 Å². The van der Waals surface area contributed by atoms with E-state index in [2.05, 4.69) is 15.0 Å². The maximum absolute atomic E-state index is 11.1. The summed E-state index contributed by atoms with van der Waals surface area (Å²) in [6.45, 7) is 0. The van der Waals surface area contributed by atoms with Crippen molar-refractivity contribution in [1.29, 1.82) is 0 Å². The molecule has 0 unspecified atom stereocenters. The van der Waals surface area contributed by atoms with Crippen LogP contribution in [0.4, 0.5) is 16.2 Å². The number of benzene rings is 1. The molecule has 0 radical (unpaired) electrons. The van der Waals surface area contributed by atoms with Gasteiger partial charge in [-0.25, -0.2) is 4.79 Å². The van der Waals surface area contributed by atoms with Crippen LogP contribution in [0.25, 0.3) is 10.9 Å². The maximum Gasteiger partial charge on any atom is 0.411 e. The van der Waals surface area contributed by atoms with Crippen molar-refractivity contribution in [3.63, 3.8) is 0 Å². The topological polar surface area (TPSA) is 77.2 Å². The molecule has 2 rings (SSSR count). The largest absolute Gasteiger partial charge is 0.453 e. The lowest BCUT2D eigenvalue weighted by Gasteiger charge is -2.08. The van der Waals surface area contributed by atoms with E-state index < -0.39 is 6.09 Å². The van der Waals surface area contributed by atoms with Gasteiger partial charge in [-0.1, -0.05) is 0 Å². The van der Waals surface area contributed by atoms with E-state index in [0.29, 0.717) is 16.9 Å². The Morgan fingerprint density at radius 1 is 1.44 bits per heavy atom. The molecule has 1 aromatic carbocycles. The zero-order valence-corrected chi connectivity index (χ0v) is 8.73. The van der Waals surface area contributed by atoms with Crippen LogP contribution in [0.2, 0.25) is 0 Å². The third-order valence-corrected chi connectivity index (χ3v) is 2.22. The highest BCUT2D eigenvalue weighted by atomic mass is 16.5. The summed E-state index contributed by atoms with van der Waals surface area (Å²) in [5.41, 5.74) is 7.65. The van der Waals surface area contributed by atoms with Crippen molar-refractivity contribution in [2.75, 3.05) is 18.2 Å². The first-order chi connectivity index (χ1) is 7.72. The van der Waals surface area contributed by atoms with E-state index in [1.807, 2.05) is 6.07 Å². The first-order valence-electron chi connectivity index (χ1n) is 4.70. The van der Waals surface area contributed by atoms with Gasteiger partial charge in [0.15, 0.2) is 0 Å². The number of anilines is 2. The summed E-state index contributed by atoms with van der Waals surface area (Å²) in [4.78, 5) is 15.3. The fraction of sp³-hybridized carbons (Fsp3) is 0.0909. The number of carbonyl (C=O) groups excluding carboxylic acids is 1. The number of methoxy groups -OCH3 is 1. The molecule has 2 aromatic rings. The number of hydrogen-bond donors (Lipinski definition) is 2. The molecule has 1 amide bonds. The van der Waals surface area contributed by atoms with E-state index in [-0.39, 0.29) is 0 Å². The van der Waals surface area contributed by atoms with E-state index in [0.717, 1.165) is 5.39 Å². The normalized spacial score (nSPS) is 10.1. The maximum atomic E-state index is 11.1. The molecule has 0 bridgehead atoms. The molecule has 0 spiro atoms. The number of aromatic nitrogens is 1. The number of nitrogens with zero attached hydrogens (tertiary/aromatic N) is 1. The van der Waals surface area contributed by atoms with Gasteiger partial charge in [-0.3, -0.25) is 10.3 Å². The lowest BCUT2D eigenvalue weighted by Crippen LogP contribution is -2.11. The minimum Gasteiger partial charge on any atom is -0.453 e. The summed E-state index contributed by atoms with van der Waals surface area (Å²) in [5, 5.41) is 3.39. The Hall–Kier alpha value is -2.30. The number of nitrogens with one attached hydrogen (secondary N) is 1. The summed E-state index contributed by atoms with van der Waals surface area (Å²) < 4.78 is 4.53. The lowest BCUT2D eigenvalue weighted by molar-refractivity contribution is 0.187. The summed E-state index contributed by atoms with van der Waals surface area (Å²) in [6, 6.07) is 7.03. The molecule has 3 N–H and O–H groups in total. The van der Waals surface area contributed by atoms with E-state index >= 15 is 0 Å². The van der Waals surface area contributed by atoms with Crippen molar-refractivity contribution >= 4 is 28.4 Å². The van der Waals surface area contributed by atoms with Gasteiger partial charge in [-0.15, -0.1) is 0 Å².